The summed E-state index contributed by atoms with van der Waals surface area (Å²) in [4.78, 5) is 10.2. The molecule has 0 unspecified atom stereocenters. The fourth-order valence-electron chi connectivity index (χ4n) is 8.23. The highest BCUT2D eigenvalue weighted by Crippen LogP contribution is 2.44. The van der Waals surface area contributed by atoms with Crippen LogP contribution in [0.5, 0.6) is 5.75 Å². The second-order valence-corrected chi connectivity index (χ2v) is 18.1. The number of imidazole rings is 1. The number of rotatable bonds is 10. The van der Waals surface area contributed by atoms with Crippen LogP contribution in [0.25, 0.3) is 72.7 Å². The lowest BCUT2D eigenvalue weighted by molar-refractivity contribution is 0.466. The third-order valence-electron chi connectivity index (χ3n) is 11.7. The van der Waals surface area contributed by atoms with Crippen LogP contribution < -0.4 is 0 Å². The summed E-state index contributed by atoms with van der Waals surface area (Å²) in [5.41, 5.74) is 10.7. The van der Waals surface area contributed by atoms with E-state index in [0.717, 1.165) is 55.7 Å². The highest BCUT2D eigenvalue weighted by molar-refractivity contribution is 5.97. The number of fused-ring (bicyclic) bond motifs is 1. The smallest absolute Gasteiger partial charge is 0.149 e. The van der Waals surface area contributed by atoms with Crippen molar-refractivity contribution in [3.05, 3.63) is 167 Å². The molecule has 0 fully saturated rings. The van der Waals surface area contributed by atoms with Crippen molar-refractivity contribution in [1.29, 1.82) is 0 Å². The third-order valence-corrected chi connectivity index (χ3v) is 11.7. The van der Waals surface area contributed by atoms with E-state index in [0.29, 0.717) is 39.3 Å². The molecule has 6 aromatic carbocycles. The van der Waals surface area contributed by atoms with Gasteiger partial charge in [0.05, 0.1) is 29.1 Å². The molecule has 8 rings (SSSR count). The van der Waals surface area contributed by atoms with Gasteiger partial charge < -0.3 is 5.11 Å². The molecule has 0 radical (unpaired) electrons. The number of phenols is 1. The largest absolute Gasteiger partial charge is 0.507 e. The van der Waals surface area contributed by atoms with Crippen molar-refractivity contribution in [3.63, 3.8) is 0 Å². The molecule has 0 aliphatic heterocycles. The summed E-state index contributed by atoms with van der Waals surface area (Å²) < 4.78 is 80.6. The molecule has 0 aliphatic rings. The molecule has 0 saturated carbocycles. The van der Waals surface area contributed by atoms with Gasteiger partial charge in [0.15, 0.2) is 0 Å². The van der Waals surface area contributed by atoms with Crippen LogP contribution in [0.2, 0.25) is 0 Å². The maximum Gasteiger partial charge on any atom is 0.149 e. The minimum absolute atomic E-state index is 0.0888. The molecule has 0 aliphatic carbocycles. The number of phenolic OH excluding ortho intramolecular Hbond substituents is 1. The van der Waals surface area contributed by atoms with Crippen molar-refractivity contribution >= 4 is 11.0 Å². The Labute approximate surface area is 382 Å². The first-order valence-electron chi connectivity index (χ1n) is 25.7. The molecule has 1 N–H and O–H groups in total. The first-order chi connectivity index (χ1) is 32.9. The Hall–Kier alpha value is -6.26. The van der Waals surface area contributed by atoms with Crippen molar-refractivity contribution < 1.29 is 17.4 Å². The van der Waals surface area contributed by atoms with Gasteiger partial charge in [0.25, 0.3) is 0 Å². The van der Waals surface area contributed by atoms with Crippen LogP contribution >= 0.6 is 0 Å². The van der Waals surface area contributed by atoms with Gasteiger partial charge in [0, 0.05) is 28.5 Å². The summed E-state index contributed by atoms with van der Waals surface area (Å²) in [5.74, 6) is -3.94. The summed E-state index contributed by atoms with van der Waals surface area (Å²) in [5, 5.41) is 12.3. The maximum absolute atomic E-state index is 12.3. The van der Waals surface area contributed by atoms with Crippen molar-refractivity contribution in [2.45, 2.75) is 105 Å². The standard InChI is InChI=1S/C58H61N3O/c1-35(2)42-32-50(38(7)8)56(62)51(33-42)57-60-55-49(43-29-44(31-45(30-43)58(9,10)11)52-34-41(27-28-59-52)39-17-13-12-14-18-39)21-16-22-53(55)61(57)46-25-23-40(24-26-46)54-47(36(3)4)19-15-20-48(54)37(5)6/h12-38,62H,1-11H3/i12D,13D,14D,17D,18D,35D,36D,37D,38D. The van der Waals surface area contributed by atoms with Crippen LogP contribution in [0.4, 0.5) is 0 Å². The van der Waals surface area contributed by atoms with Crippen LogP contribution in [0, 0.1) is 0 Å². The predicted octanol–water partition coefficient (Wildman–Crippen LogP) is 16.3. The van der Waals surface area contributed by atoms with Gasteiger partial charge >= 0.3 is 0 Å². The molecule has 0 atom stereocenters. The molecule has 4 heteroatoms. The number of benzene rings is 6. The lowest BCUT2D eigenvalue weighted by Crippen LogP contribution is -2.11. The zero-order valence-corrected chi connectivity index (χ0v) is 37.7. The summed E-state index contributed by atoms with van der Waals surface area (Å²) in [6, 6.07) is 31.0. The third kappa shape index (κ3) is 8.11. The van der Waals surface area contributed by atoms with Crippen molar-refractivity contribution in [3.8, 4) is 67.5 Å². The molecule has 0 amide bonds. The van der Waals surface area contributed by atoms with E-state index in [-0.39, 0.29) is 28.8 Å². The summed E-state index contributed by atoms with van der Waals surface area (Å²) in [6.45, 7) is 20.8. The van der Waals surface area contributed by atoms with Gasteiger partial charge in [-0.25, -0.2) is 4.98 Å². The number of aromatic nitrogens is 3. The molecular formula is C58H61N3O. The molecule has 2 aromatic heterocycles. The first-order valence-corrected chi connectivity index (χ1v) is 21.2. The quantitative estimate of drug-likeness (QED) is 0.149. The molecule has 314 valence electrons. The Morgan fingerprint density at radius 2 is 1.24 bits per heavy atom. The highest BCUT2D eigenvalue weighted by atomic mass is 16.3. The van der Waals surface area contributed by atoms with Crippen molar-refractivity contribution in [2.75, 3.05) is 0 Å². The monoisotopic (exact) mass is 825 g/mol. The van der Waals surface area contributed by atoms with Gasteiger partial charge in [-0.1, -0.05) is 161 Å². The average Bonchev–Trinajstić information content (AvgIpc) is 3.68. The first kappa shape index (κ1) is 32.5. The number of nitrogens with zero attached hydrogens (tertiary/aromatic N) is 3. The minimum Gasteiger partial charge on any atom is -0.507 e. The molecule has 8 aromatic rings. The van der Waals surface area contributed by atoms with E-state index in [1.165, 1.54) is 0 Å². The zero-order valence-electron chi connectivity index (χ0n) is 46.7. The summed E-state index contributed by atoms with van der Waals surface area (Å²) >= 11 is 0. The van der Waals surface area contributed by atoms with E-state index in [1.54, 1.807) is 58.2 Å². The molecule has 0 bridgehead atoms. The number of pyridine rings is 1. The van der Waals surface area contributed by atoms with E-state index in [1.807, 2.05) is 99.0 Å². The van der Waals surface area contributed by atoms with E-state index < -0.39 is 41.7 Å². The zero-order chi connectivity index (χ0) is 52.1. The van der Waals surface area contributed by atoms with Gasteiger partial charge in [-0.05, 0) is 133 Å². The molecule has 0 saturated heterocycles. The second kappa shape index (κ2) is 16.9. The van der Waals surface area contributed by atoms with E-state index in [9.17, 15) is 5.11 Å². The number of para-hydroxylation sites is 1. The summed E-state index contributed by atoms with van der Waals surface area (Å²) in [7, 11) is 0. The average molecular weight is 825 g/mol. The molecule has 62 heavy (non-hydrogen) atoms. The highest BCUT2D eigenvalue weighted by Gasteiger charge is 2.25. The Morgan fingerprint density at radius 3 is 1.87 bits per heavy atom. The summed E-state index contributed by atoms with van der Waals surface area (Å²) in [6.07, 6.45) is 1.58. The number of aromatic hydroxyl groups is 1. The van der Waals surface area contributed by atoms with Gasteiger partial charge in [0.1, 0.15) is 11.6 Å². The van der Waals surface area contributed by atoms with Gasteiger partial charge in [-0.15, -0.1) is 0 Å². The Morgan fingerprint density at radius 1 is 0.597 bits per heavy atom. The lowest BCUT2D eigenvalue weighted by atomic mass is 9.83. The van der Waals surface area contributed by atoms with Crippen molar-refractivity contribution in [1.82, 2.24) is 14.5 Å². The Bertz CT molecular complexity index is 3340. The number of hydrogen-bond donors (Lipinski definition) is 1. The normalized spacial score (nSPS) is 14.9. The number of hydrogen-bond acceptors (Lipinski definition) is 3. The lowest BCUT2D eigenvalue weighted by Gasteiger charge is -2.22. The van der Waals surface area contributed by atoms with E-state index in [4.69, 9.17) is 22.3 Å². The van der Waals surface area contributed by atoms with Crippen LogP contribution in [0.15, 0.2) is 140 Å². The van der Waals surface area contributed by atoms with Crippen molar-refractivity contribution in [2.24, 2.45) is 0 Å². The fourth-order valence-corrected chi connectivity index (χ4v) is 8.23. The molecule has 4 nitrogen and oxygen atoms in total. The topological polar surface area (TPSA) is 50.9 Å². The van der Waals surface area contributed by atoms with E-state index in [2.05, 4.69) is 32.9 Å². The molecular weight excluding hydrogens is 755 g/mol. The van der Waals surface area contributed by atoms with Gasteiger partial charge in [-0.2, -0.15) is 0 Å². The van der Waals surface area contributed by atoms with Crippen LogP contribution in [-0.4, -0.2) is 19.6 Å². The second-order valence-electron chi connectivity index (χ2n) is 18.1. The predicted molar refractivity (Wildman–Crippen MR) is 263 cm³/mol. The SMILES string of the molecule is [2H]c1c([2H])c([2H])c(-c2ccnc(-c3cc(-c4cccc5c4nc(-c4cc(C([2H])(C)C)cc(C([2H])(C)C)c4O)n5-c4ccc(-c5c(C([2H])(C)C)cccc5C([2H])(C)C)cc4)cc(C(C)(C)C)c3)c2)c([2H])c1[2H]. The van der Waals surface area contributed by atoms with Gasteiger partial charge in [0.2, 0.25) is 0 Å². The van der Waals surface area contributed by atoms with Crippen LogP contribution in [-0.2, 0) is 5.41 Å². The Balaban J connectivity index is 1.41. The molecule has 2 heterocycles. The maximum atomic E-state index is 12.3. The van der Waals surface area contributed by atoms with Crippen LogP contribution in [0.1, 0.15) is 140 Å². The van der Waals surface area contributed by atoms with Gasteiger partial charge in [-0.3, -0.25) is 9.55 Å². The molecule has 0 spiro atoms. The van der Waals surface area contributed by atoms with E-state index >= 15 is 0 Å². The Kier molecular flexibility index (Phi) is 8.84. The fraction of sp³-hybridized carbons (Fsp3) is 0.276. The minimum atomic E-state index is -1.23. The van der Waals surface area contributed by atoms with Crippen LogP contribution in [0.3, 0.4) is 0 Å².